The fraction of sp³-hybridized carbons (Fsp3) is 0.258. The summed E-state index contributed by atoms with van der Waals surface area (Å²) in [6.45, 7) is 5.95. The van der Waals surface area contributed by atoms with Crippen LogP contribution in [0.15, 0.2) is 79.0 Å². The van der Waals surface area contributed by atoms with Crippen molar-refractivity contribution in [2.75, 3.05) is 44.5 Å². The highest BCUT2D eigenvalue weighted by Gasteiger charge is 2.11. The number of anilines is 3. The number of hydrogen-bond donors (Lipinski definition) is 2. The lowest BCUT2D eigenvalue weighted by Gasteiger charge is -2.14. The Bertz CT molecular complexity index is 1390. The van der Waals surface area contributed by atoms with Crippen LogP contribution in [0.25, 0.3) is 11.1 Å². The summed E-state index contributed by atoms with van der Waals surface area (Å²) in [4.78, 5) is 23.1. The Balaban J connectivity index is 1.29. The molecule has 0 spiro atoms. The Labute approximate surface area is 230 Å². The third kappa shape index (κ3) is 8.02. The number of likely N-dealkylation sites (N-methyl/N-ethyl adjacent to an activating group) is 1. The van der Waals surface area contributed by atoms with Crippen LogP contribution in [-0.2, 0) is 11.2 Å². The quantitative estimate of drug-likeness (QED) is 0.240. The Morgan fingerprint density at radius 2 is 1.67 bits per heavy atom. The molecule has 1 heterocycles. The Morgan fingerprint density at radius 3 is 2.46 bits per heavy atom. The second-order valence-corrected chi connectivity index (χ2v) is 9.48. The van der Waals surface area contributed by atoms with Gasteiger partial charge in [0, 0.05) is 24.8 Å². The van der Waals surface area contributed by atoms with Crippen LogP contribution in [0.3, 0.4) is 0 Å². The molecule has 39 heavy (non-hydrogen) atoms. The number of carbonyl (C=O) groups excluding carboxylic acids is 1. The topological polar surface area (TPSA) is 88.6 Å². The maximum Gasteiger partial charge on any atom is 0.412 e. The van der Waals surface area contributed by atoms with Crippen molar-refractivity contribution in [1.29, 1.82) is 0 Å². The minimum absolute atomic E-state index is 0.243. The van der Waals surface area contributed by atoms with E-state index in [0.29, 0.717) is 24.8 Å². The van der Waals surface area contributed by atoms with Crippen molar-refractivity contribution in [3.05, 3.63) is 95.7 Å². The predicted octanol–water partition coefficient (Wildman–Crippen LogP) is 6.24. The molecule has 0 fully saturated rings. The molecule has 0 radical (unpaired) electrons. The fourth-order valence-corrected chi connectivity index (χ4v) is 4.04. The van der Waals surface area contributed by atoms with E-state index < -0.39 is 6.09 Å². The summed E-state index contributed by atoms with van der Waals surface area (Å²) in [6.07, 6.45) is 1.61. The van der Waals surface area contributed by atoms with E-state index in [1.807, 2.05) is 50.5 Å². The van der Waals surface area contributed by atoms with Crippen molar-refractivity contribution in [3.8, 4) is 16.9 Å². The van der Waals surface area contributed by atoms with Crippen molar-refractivity contribution in [1.82, 2.24) is 14.9 Å². The highest BCUT2D eigenvalue weighted by Crippen LogP contribution is 2.29. The van der Waals surface area contributed by atoms with Crippen molar-refractivity contribution < 1.29 is 14.3 Å². The number of aromatic nitrogens is 2. The second-order valence-electron chi connectivity index (χ2n) is 9.48. The van der Waals surface area contributed by atoms with Gasteiger partial charge in [-0.1, -0.05) is 42.5 Å². The molecule has 8 heteroatoms. The van der Waals surface area contributed by atoms with Crippen LogP contribution >= 0.6 is 0 Å². The number of nitrogens with zero attached hydrogens (tertiary/aromatic N) is 3. The summed E-state index contributed by atoms with van der Waals surface area (Å²) in [6, 6.07) is 23.7. The molecule has 0 aliphatic carbocycles. The molecule has 202 valence electrons. The molecule has 1 amide bonds. The SMILES string of the molecule is Cc1cccc(-c2ccccc2CCOC(=O)Nc2ccnc(Nc3ccc(OCCN(C)C)cc3)n2)c1C. The molecule has 4 rings (SSSR count). The van der Waals surface area contributed by atoms with Gasteiger partial charge in [-0.25, -0.2) is 9.78 Å². The van der Waals surface area contributed by atoms with Gasteiger partial charge in [-0.2, -0.15) is 4.98 Å². The molecular weight excluding hydrogens is 490 g/mol. The van der Waals surface area contributed by atoms with E-state index in [1.165, 1.54) is 16.7 Å². The average molecular weight is 526 g/mol. The van der Waals surface area contributed by atoms with Crippen molar-refractivity contribution in [2.45, 2.75) is 20.3 Å². The van der Waals surface area contributed by atoms with Gasteiger partial charge in [0.2, 0.25) is 5.95 Å². The molecule has 3 aromatic carbocycles. The van der Waals surface area contributed by atoms with E-state index in [1.54, 1.807) is 12.3 Å². The molecule has 8 nitrogen and oxygen atoms in total. The van der Waals surface area contributed by atoms with E-state index in [4.69, 9.17) is 9.47 Å². The summed E-state index contributed by atoms with van der Waals surface area (Å²) in [7, 11) is 4.01. The molecule has 0 bridgehead atoms. The van der Waals surface area contributed by atoms with E-state index in [-0.39, 0.29) is 6.61 Å². The molecular formula is C31H35N5O3. The lowest BCUT2D eigenvalue weighted by Crippen LogP contribution is -2.19. The molecule has 4 aromatic rings. The summed E-state index contributed by atoms with van der Waals surface area (Å²) >= 11 is 0. The minimum Gasteiger partial charge on any atom is -0.492 e. The van der Waals surface area contributed by atoms with Gasteiger partial charge in [0.05, 0.1) is 6.61 Å². The maximum atomic E-state index is 12.5. The van der Waals surface area contributed by atoms with Crippen LogP contribution in [0.2, 0.25) is 0 Å². The molecule has 2 N–H and O–H groups in total. The zero-order valence-electron chi connectivity index (χ0n) is 22.9. The number of hydrogen-bond acceptors (Lipinski definition) is 7. The normalized spacial score (nSPS) is 10.8. The standard InChI is InChI=1S/C31H35N5O3/c1-22-8-7-11-27(23(22)2)28-10-6-5-9-24(28)17-20-39-31(37)35-29-16-18-32-30(34-29)33-25-12-14-26(15-13-25)38-21-19-36(3)4/h5-16,18H,17,19-21H2,1-4H3,(H2,32,33,34,35,37). The van der Waals surface area contributed by atoms with Gasteiger partial charge in [-0.05, 0) is 86.1 Å². The first-order valence-corrected chi connectivity index (χ1v) is 12.9. The van der Waals surface area contributed by atoms with Crippen LogP contribution in [0.1, 0.15) is 16.7 Å². The predicted molar refractivity (Wildman–Crippen MR) is 156 cm³/mol. The van der Waals surface area contributed by atoms with E-state index in [2.05, 4.69) is 69.7 Å². The van der Waals surface area contributed by atoms with Gasteiger partial charge in [0.15, 0.2) is 0 Å². The Morgan fingerprint density at radius 1 is 0.897 bits per heavy atom. The zero-order chi connectivity index (χ0) is 27.6. The summed E-state index contributed by atoms with van der Waals surface area (Å²) in [5, 5.41) is 5.82. The molecule has 0 aliphatic rings. The van der Waals surface area contributed by atoms with E-state index in [9.17, 15) is 4.79 Å². The van der Waals surface area contributed by atoms with Gasteiger partial charge in [-0.3, -0.25) is 5.32 Å². The second kappa shape index (κ2) is 13.4. The van der Waals surface area contributed by atoms with Gasteiger partial charge in [0.1, 0.15) is 18.2 Å². The largest absolute Gasteiger partial charge is 0.492 e. The number of carbonyl (C=O) groups is 1. The lowest BCUT2D eigenvalue weighted by atomic mass is 9.92. The third-order valence-corrected chi connectivity index (χ3v) is 6.32. The van der Waals surface area contributed by atoms with E-state index in [0.717, 1.165) is 29.1 Å². The van der Waals surface area contributed by atoms with Crippen molar-refractivity contribution in [3.63, 3.8) is 0 Å². The number of benzene rings is 3. The van der Waals surface area contributed by atoms with Crippen LogP contribution in [-0.4, -0.2) is 54.8 Å². The smallest absolute Gasteiger partial charge is 0.412 e. The zero-order valence-corrected chi connectivity index (χ0v) is 22.9. The first-order valence-electron chi connectivity index (χ1n) is 12.9. The van der Waals surface area contributed by atoms with Crippen LogP contribution in [0.5, 0.6) is 5.75 Å². The number of rotatable bonds is 11. The summed E-state index contributed by atoms with van der Waals surface area (Å²) < 4.78 is 11.2. The monoisotopic (exact) mass is 525 g/mol. The van der Waals surface area contributed by atoms with Gasteiger partial charge in [0.25, 0.3) is 0 Å². The minimum atomic E-state index is -0.567. The lowest BCUT2D eigenvalue weighted by molar-refractivity contribution is 0.163. The first-order chi connectivity index (χ1) is 18.9. The number of ether oxygens (including phenoxy) is 2. The molecule has 0 saturated heterocycles. The van der Waals surface area contributed by atoms with Crippen LogP contribution < -0.4 is 15.4 Å². The Kier molecular flexibility index (Phi) is 9.48. The molecule has 0 unspecified atom stereocenters. The summed E-state index contributed by atoms with van der Waals surface area (Å²) in [5.74, 6) is 1.49. The molecule has 0 saturated carbocycles. The molecule has 1 aromatic heterocycles. The van der Waals surface area contributed by atoms with Crippen LogP contribution in [0, 0.1) is 13.8 Å². The fourth-order valence-electron chi connectivity index (χ4n) is 4.04. The van der Waals surface area contributed by atoms with E-state index >= 15 is 0 Å². The molecule has 0 atom stereocenters. The highest BCUT2D eigenvalue weighted by atomic mass is 16.5. The van der Waals surface area contributed by atoms with Crippen LogP contribution in [0.4, 0.5) is 22.2 Å². The number of nitrogens with one attached hydrogen (secondary N) is 2. The van der Waals surface area contributed by atoms with Gasteiger partial charge >= 0.3 is 6.09 Å². The van der Waals surface area contributed by atoms with Crippen molar-refractivity contribution in [2.24, 2.45) is 0 Å². The van der Waals surface area contributed by atoms with Crippen molar-refractivity contribution >= 4 is 23.5 Å². The van der Waals surface area contributed by atoms with Gasteiger partial charge in [-0.15, -0.1) is 0 Å². The Hall–Kier alpha value is -4.43. The highest BCUT2D eigenvalue weighted by molar-refractivity contribution is 5.83. The first kappa shape index (κ1) is 27.6. The average Bonchev–Trinajstić information content (AvgIpc) is 2.92. The number of aryl methyl sites for hydroxylation is 1. The number of amides is 1. The third-order valence-electron chi connectivity index (χ3n) is 6.32. The molecule has 0 aliphatic heterocycles. The van der Waals surface area contributed by atoms with Gasteiger partial charge < -0.3 is 19.7 Å². The summed E-state index contributed by atoms with van der Waals surface area (Å²) in [5.41, 5.74) is 6.78. The maximum absolute atomic E-state index is 12.5.